The number of halogens is 1. The molecule has 0 unspecified atom stereocenters. The van der Waals surface area contributed by atoms with Gasteiger partial charge >= 0.3 is 0 Å². The molecule has 1 heterocycles. The zero-order chi connectivity index (χ0) is 13.9. The predicted octanol–water partition coefficient (Wildman–Crippen LogP) is 3.12. The summed E-state index contributed by atoms with van der Waals surface area (Å²) in [4.78, 5) is 11.8. The van der Waals surface area contributed by atoms with Crippen molar-refractivity contribution in [2.24, 2.45) is 10.2 Å². The number of carbonyl (C=O) groups is 1. The molecule has 1 aliphatic heterocycles. The quantitative estimate of drug-likeness (QED) is 0.668. The van der Waals surface area contributed by atoms with Crippen molar-refractivity contribution in [3.05, 3.63) is 64.7 Å². The molecule has 0 saturated heterocycles. The van der Waals surface area contributed by atoms with Gasteiger partial charge in [-0.15, -0.1) is 5.10 Å². The molecule has 1 aliphatic rings. The Morgan fingerprint density at radius 3 is 2.70 bits per heavy atom. The minimum atomic E-state index is -0.271. The van der Waals surface area contributed by atoms with Gasteiger partial charge in [0.2, 0.25) is 0 Å². The molecule has 3 rings (SSSR count). The van der Waals surface area contributed by atoms with Gasteiger partial charge in [-0.25, -0.2) is 0 Å². The summed E-state index contributed by atoms with van der Waals surface area (Å²) in [5, 5.41) is 11.2. The van der Waals surface area contributed by atoms with Crippen LogP contribution in [0.1, 0.15) is 11.1 Å². The molecule has 98 valence electrons. The van der Waals surface area contributed by atoms with Gasteiger partial charge < -0.3 is 5.32 Å². The fourth-order valence-corrected chi connectivity index (χ4v) is 2.09. The second-order valence-corrected chi connectivity index (χ2v) is 4.68. The van der Waals surface area contributed by atoms with Crippen LogP contribution in [0.5, 0.6) is 0 Å². The number of benzene rings is 2. The number of nitrogens with zero attached hydrogens (tertiary/aromatic N) is 2. The van der Waals surface area contributed by atoms with E-state index in [0.29, 0.717) is 16.3 Å². The SMILES string of the molecule is O=C1Nc2ccc(Cl)cc2/C1=N/N=C/c1ccccc1. The van der Waals surface area contributed by atoms with Crippen molar-refractivity contribution in [1.82, 2.24) is 0 Å². The summed E-state index contributed by atoms with van der Waals surface area (Å²) in [6, 6.07) is 14.7. The number of nitrogens with one attached hydrogen (secondary N) is 1. The van der Waals surface area contributed by atoms with Gasteiger partial charge in [-0.1, -0.05) is 41.9 Å². The molecule has 0 atom stereocenters. The van der Waals surface area contributed by atoms with Crippen LogP contribution in [0.15, 0.2) is 58.7 Å². The molecule has 2 aromatic rings. The van der Waals surface area contributed by atoms with Gasteiger partial charge in [0, 0.05) is 10.6 Å². The van der Waals surface area contributed by atoms with Gasteiger partial charge in [0.05, 0.1) is 11.9 Å². The van der Waals surface area contributed by atoms with E-state index in [1.165, 1.54) is 0 Å². The van der Waals surface area contributed by atoms with Gasteiger partial charge in [-0.3, -0.25) is 4.79 Å². The Balaban J connectivity index is 1.91. The fourth-order valence-electron chi connectivity index (χ4n) is 1.92. The van der Waals surface area contributed by atoms with Crippen LogP contribution in [-0.4, -0.2) is 17.8 Å². The topological polar surface area (TPSA) is 53.8 Å². The maximum absolute atomic E-state index is 11.8. The van der Waals surface area contributed by atoms with E-state index in [0.717, 1.165) is 5.56 Å². The molecule has 20 heavy (non-hydrogen) atoms. The summed E-state index contributed by atoms with van der Waals surface area (Å²) in [7, 11) is 0. The van der Waals surface area contributed by atoms with Gasteiger partial charge in [-0.2, -0.15) is 5.10 Å². The summed E-state index contributed by atoms with van der Waals surface area (Å²) in [6.07, 6.45) is 1.60. The van der Waals surface area contributed by atoms with Gasteiger partial charge in [-0.05, 0) is 23.8 Å². The number of fused-ring (bicyclic) bond motifs is 1. The highest BCUT2D eigenvalue weighted by atomic mass is 35.5. The van der Waals surface area contributed by atoms with Crippen molar-refractivity contribution >= 4 is 35.1 Å². The van der Waals surface area contributed by atoms with E-state index in [4.69, 9.17) is 11.6 Å². The molecular formula is C15H10ClN3O. The number of hydrogen-bond acceptors (Lipinski definition) is 3. The van der Waals surface area contributed by atoms with Crippen LogP contribution in [0.2, 0.25) is 5.02 Å². The van der Waals surface area contributed by atoms with Crippen LogP contribution in [-0.2, 0) is 4.79 Å². The maximum Gasteiger partial charge on any atom is 0.276 e. The lowest BCUT2D eigenvalue weighted by Crippen LogP contribution is -2.13. The highest BCUT2D eigenvalue weighted by Crippen LogP contribution is 2.26. The van der Waals surface area contributed by atoms with Crippen molar-refractivity contribution in [3.8, 4) is 0 Å². The molecule has 0 fully saturated rings. The molecule has 0 bridgehead atoms. The van der Waals surface area contributed by atoms with Crippen LogP contribution in [0.4, 0.5) is 5.69 Å². The molecular weight excluding hydrogens is 274 g/mol. The third-order valence-corrected chi connectivity index (χ3v) is 3.10. The molecule has 0 aromatic heterocycles. The molecule has 0 spiro atoms. The van der Waals surface area contributed by atoms with E-state index in [2.05, 4.69) is 15.5 Å². The highest BCUT2D eigenvalue weighted by molar-refractivity contribution is 6.54. The number of anilines is 1. The Labute approximate surface area is 120 Å². The van der Waals surface area contributed by atoms with Crippen molar-refractivity contribution in [2.45, 2.75) is 0 Å². The molecule has 0 saturated carbocycles. The summed E-state index contributed by atoms with van der Waals surface area (Å²) >= 11 is 5.93. The zero-order valence-electron chi connectivity index (χ0n) is 10.4. The van der Waals surface area contributed by atoms with Crippen LogP contribution in [0.25, 0.3) is 0 Å². The lowest BCUT2D eigenvalue weighted by Gasteiger charge is -1.96. The summed E-state index contributed by atoms with van der Waals surface area (Å²) in [6.45, 7) is 0. The Kier molecular flexibility index (Phi) is 3.31. The summed E-state index contributed by atoms with van der Waals surface area (Å²) in [5.41, 5.74) is 2.57. The first-order valence-corrected chi connectivity index (χ1v) is 6.39. The fraction of sp³-hybridized carbons (Fsp3) is 0. The van der Waals surface area contributed by atoms with Crippen LogP contribution < -0.4 is 5.32 Å². The van der Waals surface area contributed by atoms with E-state index in [1.807, 2.05) is 30.3 Å². The first kappa shape index (κ1) is 12.6. The average molecular weight is 284 g/mol. The molecule has 1 N–H and O–H groups in total. The van der Waals surface area contributed by atoms with E-state index in [9.17, 15) is 4.79 Å². The third-order valence-electron chi connectivity index (χ3n) is 2.86. The number of amides is 1. The first-order valence-electron chi connectivity index (χ1n) is 6.01. The van der Waals surface area contributed by atoms with Crippen molar-refractivity contribution in [3.63, 3.8) is 0 Å². The van der Waals surface area contributed by atoms with Gasteiger partial charge in [0.25, 0.3) is 5.91 Å². The lowest BCUT2D eigenvalue weighted by atomic mass is 10.1. The Morgan fingerprint density at radius 1 is 1.10 bits per heavy atom. The van der Waals surface area contributed by atoms with E-state index in [-0.39, 0.29) is 11.6 Å². The van der Waals surface area contributed by atoms with Gasteiger partial charge in [0.15, 0.2) is 5.71 Å². The zero-order valence-corrected chi connectivity index (χ0v) is 11.1. The predicted molar refractivity (Wildman–Crippen MR) is 80.7 cm³/mol. The van der Waals surface area contributed by atoms with Crippen LogP contribution in [0.3, 0.4) is 0 Å². The smallest absolute Gasteiger partial charge is 0.276 e. The van der Waals surface area contributed by atoms with Crippen molar-refractivity contribution < 1.29 is 4.79 Å². The minimum Gasteiger partial charge on any atom is -0.320 e. The monoisotopic (exact) mass is 283 g/mol. The standard InChI is InChI=1S/C15H10ClN3O/c16-11-6-7-13-12(8-11)14(15(20)18-13)19-17-9-10-4-2-1-3-5-10/h1-9H,(H,18,19,20)/b17-9+. The van der Waals surface area contributed by atoms with E-state index in [1.54, 1.807) is 24.4 Å². The maximum atomic E-state index is 11.8. The first-order chi connectivity index (χ1) is 9.74. The number of rotatable bonds is 2. The second-order valence-electron chi connectivity index (χ2n) is 4.25. The second kappa shape index (κ2) is 5.27. The molecule has 2 aromatic carbocycles. The Bertz CT molecular complexity index is 723. The van der Waals surface area contributed by atoms with Crippen LogP contribution >= 0.6 is 11.6 Å². The minimum absolute atomic E-state index is 0.271. The molecule has 5 heteroatoms. The lowest BCUT2D eigenvalue weighted by molar-refractivity contribution is -0.110. The molecule has 0 radical (unpaired) electrons. The summed E-state index contributed by atoms with van der Waals surface area (Å²) < 4.78 is 0. The molecule has 1 amide bonds. The van der Waals surface area contributed by atoms with E-state index >= 15 is 0 Å². The van der Waals surface area contributed by atoms with Gasteiger partial charge in [0.1, 0.15) is 0 Å². The average Bonchev–Trinajstić information content (AvgIpc) is 2.76. The normalized spacial score (nSPS) is 15.7. The summed E-state index contributed by atoms with van der Waals surface area (Å²) in [5.74, 6) is -0.271. The number of hydrogen-bond donors (Lipinski definition) is 1. The van der Waals surface area contributed by atoms with Crippen LogP contribution in [0, 0.1) is 0 Å². The largest absolute Gasteiger partial charge is 0.320 e. The van der Waals surface area contributed by atoms with E-state index < -0.39 is 0 Å². The molecule has 0 aliphatic carbocycles. The Morgan fingerprint density at radius 2 is 1.90 bits per heavy atom. The van der Waals surface area contributed by atoms with Crippen molar-refractivity contribution in [2.75, 3.05) is 5.32 Å². The highest BCUT2D eigenvalue weighted by Gasteiger charge is 2.26. The number of carbonyl (C=O) groups excluding carboxylic acids is 1. The van der Waals surface area contributed by atoms with Crippen molar-refractivity contribution in [1.29, 1.82) is 0 Å². The molecule has 4 nitrogen and oxygen atoms in total. The third kappa shape index (κ3) is 2.46. The Hall–Kier alpha value is -2.46.